The van der Waals surface area contributed by atoms with Crippen LogP contribution in [0.25, 0.3) is 6.08 Å². The minimum absolute atomic E-state index is 0.0750. The highest BCUT2D eigenvalue weighted by molar-refractivity contribution is 5.53. The van der Waals surface area contributed by atoms with Crippen LogP contribution in [0.1, 0.15) is 17.2 Å². The number of allylic oxidation sites excluding steroid dienone is 2. The zero-order valence-electron chi connectivity index (χ0n) is 9.21. The average molecular weight is 212 g/mol. The predicted molar refractivity (Wildman–Crippen MR) is 65.1 cm³/mol. The lowest BCUT2D eigenvalue weighted by molar-refractivity contribution is -0.110. The molecule has 0 spiro atoms. The van der Waals surface area contributed by atoms with Crippen molar-refractivity contribution in [3.8, 4) is 0 Å². The van der Waals surface area contributed by atoms with E-state index in [1.807, 2.05) is 36.6 Å². The molecule has 1 radical (unpaired) electrons. The van der Waals surface area contributed by atoms with Gasteiger partial charge < -0.3 is 0 Å². The molecule has 1 aliphatic heterocycles. The second kappa shape index (κ2) is 4.81. The topological polar surface area (TPSA) is 12.5 Å². The Hall–Kier alpha value is -1.80. The van der Waals surface area contributed by atoms with E-state index in [4.69, 9.17) is 11.4 Å². The quantitative estimate of drug-likeness (QED) is 0.763. The smallest absolute Gasteiger partial charge is 0.0998 e. The highest BCUT2D eigenvalue weighted by Crippen LogP contribution is 2.28. The molecule has 0 N–H and O–H groups in total. The Bertz CT molecular complexity index is 434. The number of hydrogen-bond acceptors (Lipinski definition) is 2. The van der Waals surface area contributed by atoms with Crippen molar-refractivity contribution >= 4 is 6.08 Å². The molecule has 1 aromatic carbocycles. The lowest BCUT2D eigenvalue weighted by Crippen LogP contribution is -2.23. The molecule has 16 heavy (non-hydrogen) atoms. The first-order valence-corrected chi connectivity index (χ1v) is 5.18. The molecule has 1 aromatic rings. The van der Waals surface area contributed by atoms with Crippen LogP contribution in [-0.2, 0) is 4.84 Å². The highest BCUT2D eigenvalue weighted by atomic mass is 16.7. The van der Waals surface area contributed by atoms with E-state index >= 15 is 0 Å². The fraction of sp³-hybridized carbons (Fsp3) is 0.143. The van der Waals surface area contributed by atoms with E-state index in [0.717, 1.165) is 11.1 Å². The van der Waals surface area contributed by atoms with Crippen LogP contribution < -0.4 is 0 Å². The lowest BCUT2D eigenvalue weighted by atomic mass is 9.99. The molecule has 1 aliphatic rings. The molecule has 1 unspecified atom stereocenters. The van der Waals surface area contributed by atoms with Crippen LogP contribution in [0.5, 0.6) is 0 Å². The molecule has 0 amide bonds. The molecule has 0 saturated carbocycles. The summed E-state index contributed by atoms with van der Waals surface area (Å²) < 4.78 is 0. The summed E-state index contributed by atoms with van der Waals surface area (Å²) in [6, 6.07) is 8.10. The zero-order chi connectivity index (χ0) is 11.4. The van der Waals surface area contributed by atoms with E-state index in [2.05, 4.69) is 12.1 Å². The van der Waals surface area contributed by atoms with Crippen molar-refractivity contribution in [2.45, 2.75) is 6.04 Å². The molecule has 0 aliphatic carbocycles. The van der Waals surface area contributed by atoms with Gasteiger partial charge in [0.05, 0.1) is 13.2 Å². The summed E-state index contributed by atoms with van der Waals surface area (Å²) in [5, 5.41) is 1.79. The normalized spacial score (nSPS) is 18.8. The van der Waals surface area contributed by atoms with Gasteiger partial charge in [0.1, 0.15) is 0 Å². The minimum atomic E-state index is 0.0750. The van der Waals surface area contributed by atoms with Gasteiger partial charge in [0.25, 0.3) is 0 Å². The summed E-state index contributed by atoms with van der Waals surface area (Å²) in [7, 11) is 1.66. The Balaban J connectivity index is 2.39. The van der Waals surface area contributed by atoms with Gasteiger partial charge in [0, 0.05) is 6.20 Å². The van der Waals surface area contributed by atoms with E-state index in [9.17, 15) is 0 Å². The Labute approximate surface area is 96.1 Å². The third-order valence-electron chi connectivity index (χ3n) is 2.62. The summed E-state index contributed by atoms with van der Waals surface area (Å²) in [6.45, 7) is 5.62. The third-order valence-corrected chi connectivity index (χ3v) is 2.62. The number of hydroxylamine groups is 2. The SMILES string of the molecule is [CH]=Cc1ccccc1C1C=CC=CN1OC. The standard InChI is InChI=1S/C14H14NO/c1-3-12-8-4-5-9-13(12)14-10-6-7-11-15(14)16-2/h1,3-11,14H,2H3. The molecule has 0 saturated heterocycles. The molecule has 2 nitrogen and oxygen atoms in total. The highest BCUT2D eigenvalue weighted by Gasteiger charge is 2.18. The van der Waals surface area contributed by atoms with E-state index in [-0.39, 0.29) is 6.04 Å². The number of benzene rings is 1. The fourth-order valence-corrected chi connectivity index (χ4v) is 1.83. The number of rotatable bonds is 3. The van der Waals surface area contributed by atoms with Gasteiger partial charge in [-0.15, -0.1) is 0 Å². The van der Waals surface area contributed by atoms with Crippen molar-refractivity contribution in [1.29, 1.82) is 0 Å². The maximum atomic E-state index is 5.62. The monoisotopic (exact) mass is 212 g/mol. The lowest BCUT2D eigenvalue weighted by Gasteiger charge is -2.29. The van der Waals surface area contributed by atoms with E-state index in [1.54, 1.807) is 18.2 Å². The third kappa shape index (κ3) is 1.92. The van der Waals surface area contributed by atoms with Gasteiger partial charge >= 0.3 is 0 Å². The molecule has 81 valence electrons. The Morgan fingerprint density at radius 3 is 2.88 bits per heavy atom. The Morgan fingerprint density at radius 2 is 2.12 bits per heavy atom. The first-order valence-electron chi connectivity index (χ1n) is 5.18. The maximum absolute atomic E-state index is 5.62. The van der Waals surface area contributed by atoms with Crippen molar-refractivity contribution < 1.29 is 4.84 Å². The summed E-state index contributed by atoms with van der Waals surface area (Å²) in [6.07, 6.45) is 9.54. The van der Waals surface area contributed by atoms with Gasteiger partial charge in [-0.05, 0) is 17.2 Å². The van der Waals surface area contributed by atoms with Crippen molar-refractivity contribution in [2.24, 2.45) is 0 Å². The largest absolute Gasteiger partial charge is 0.276 e. The predicted octanol–water partition coefficient (Wildman–Crippen LogP) is 3.12. The van der Waals surface area contributed by atoms with Gasteiger partial charge in [-0.2, -0.15) is 0 Å². The van der Waals surface area contributed by atoms with Crippen LogP contribution in [-0.4, -0.2) is 12.2 Å². The van der Waals surface area contributed by atoms with Gasteiger partial charge in [-0.3, -0.25) is 9.90 Å². The van der Waals surface area contributed by atoms with Gasteiger partial charge in [0.2, 0.25) is 0 Å². The summed E-state index contributed by atoms with van der Waals surface area (Å²) in [5.41, 5.74) is 2.15. The second-order valence-corrected chi connectivity index (χ2v) is 3.51. The molecule has 2 heteroatoms. The second-order valence-electron chi connectivity index (χ2n) is 3.51. The van der Waals surface area contributed by atoms with Crippen molar-refractivity contribution in [2.75, 3.05) is 7.11 Å². The summed E-state index contributed by atoms with van der Waals surface area (Å²) in [5.74, 6) is 0. The van der Waals surface area contributed by atoms with Crippen LogP contribution in [0.4, 0.5) is 0 Å². The van der Waals surface area contributed by atoms with Crippen LogP contribution >= 0.6 is 0 Å². The molecule has 0 bridgehead atoms. The minimum Gasteiger partial charge on any atom is -0.276 e. The average Bonchev–Trinajstić information content (AvgIpc) is 2.38. The molecular formula is C14H14NO. The molecule has 1 heterocycles. The molecule has 0 fully saturated rings. The van der Waals surface area contributed by atoms with Gasteiger partial charge in [0.15, 0.2) is 0 Å². The molecule has 2 rings (SSSR count). The van der Waals surface area contributed by atoms with Crippen molar-refractivity contribution in [3.05, 3.63) is 66.4 Å². The van der Waals surface area contributed by atoms with Crippen molar-refractivity contribution in [1.82, 2.24) is 5.06 Å². The van der Waals surface area contributed by atoms with Crippen LogP contribution in [0.15, 0.2) is 48.7 Å². The van der Waals surface area contributed by atoms with Crippen LogP contribution in [0.3, 0.4) is 0 Å². The Morgan fingerprint density at radius 1 is 1.31 bits per heavy atom. The van der Waals surface area contributed by atoms with E-state index in [0.29, 0.717) is 0 Å². The first kappa shape index (κ1) is 10.7. The van der Waals surface area contributed by atoms with E-state index < -0.39 is 0 Å². The fourth-order valence-electron chi connectivity index (χ4n) is 1.83. The zero-order valence-corrected chi connectivity index (χ0v) is 9.21. The summed E-state index contributed by atoms with van der Waals surface area (Å²) in [4.78, 5) is 5.30. The summed E-state index contributed by atoms with van der Waals surface area (Å²) >= 11 is 0. The Kier molecular flexibility index (Phi) is 3.22. The maximum Gasteiger partial charge on any atom is 0.0998 e. The van der Waals surface area contributed by atoms with E-state index in [1.165, 1.54) is 0 Å². The van der Waals surface area contributed by atoms with Crippen LogP contribution in [0.2, 0.25) is 0 Å². The molecule has 1 atom stereocenters. The molecular weight excluding hydrogens is 198 g/mol. The van der Waals surface area contributed by atoms with Gasteiger partial charge in [-0.25, -0.2) is 0 Å². The van der Waals surface area contributed by atoms with Crippen molar-refractivity contribution in [3.63, 3.8) is 0 Å². The van der Waals surface area contributed by atoms with Crippen LogP contribution in [0, 0.1) is 6.58 Å². The number of nitrogens with zero attached hydrogens (tertiary/aromatic N) is 1. The number of hydrogen-bond donors (Lipinski definition) is 0. The first-order chi connectivity index (χ1) is 7.86. The van der Waals surface area contributed by atoms with Gasteiger partial charge in [-0.1, -0.05) is 49.1 Å². The molecule has 0 aromatic heterocycles.